The van der Waals surface area contributed by atoms with Crippen molar-refractivity contribution >= 4 is 45.3 Å². The fourth-order valence-electron chi connectivity index (χ4n) is 3.60. The zero-order valence-electron chi connectivity index (χ0n) is 16.0. The molecule has 11 heteroatoms. The molecule has 0 fully saturated rings. The molecule has 1 unspecified atom stereocenters. The van der Waals surface area contributed by atoms with Gasteiger partial charge in [-0.2, -0.15) is 0 Å². The second kappa shape index (κ2) is 8.10. The number of rotatable bonds is 2. The highest BCUT2D eigenvalue weighted by atomic mass is 35.5. The van der Waals surface area contributed by atoms with E-state index in [2.05, 4.69) is 10.3 Å². The Balaban J connectivity index is 1.76. The van der Waals surface area contributed by atoms with Gasteiger partial charge in [0.05, 0.1) is 16.1 Å². The van der Waals surface area contributed by atoms with Gasteiger partial charge < -0.3 is 19.8 Å². The molecule has 1 aliphatic heterocycles. The number of carbonyl (C=O) groups excluding carboxylic acids is 1. The number of pyridine rings is 1. The molecule has 4 rings (SSSR count). The monoisotopic (exact) mass is 469 g/mol. The van der Waals surface area contributed by atoms with Crippen molar-refractivity contribution in [2.24, 2.45) is 0 Å². The van der Waals surface area contributed by atoms with Crippen LogP contribution in [0.2, 0.25) is 5.02 Å². The third kappa shape index (κ3) is 3.98. The number of urea groups is 1. The maximum Gasteiger partial charge on any atom is 0.322 e. The zero-order valence-corrected chi connectivity index (χ0v) is 17.5. The molecular formula is C20H15ClF3N3O3S. The van der Waals surface area contributed by atoms with E-state index in [1.165, 1.54) is 24.1 Å². The minimum Gasteiger partial charge on any atom is -0.616 e. The Morgan fingerprint density at radius 2 is 1.87 bits per heavy atom. The van der Waals surface area contributed by atoms with E-state index in [0.717, 1.165) is 18.2 Å². The molecule has 31 heavy (non-hydrogen) atoms. The van der Waals surface area contributed by atoms with Crippen LogP contribution >= 0.6 is 11.6 Å². The van der Waals surface area contributed by atoms with Gasteiger partial charge in [0, 0.05) is 18.3 Å². The van der Waals surface area contributed by atoms with Gasteiger partial charge >= 0.3 is 6.03 Å². The van der Waals surface area contributed by atoms with Crippen LogP contribution in [-0.4, -0.2) is 33.3 Å². The Labute approximate surface area is 182 Å². The van der Waals surface area contributed by atoms with E-state index < -0.39 is 46.3 Å². The third-order valence-electron chi connectivity index (χ3n) is 5.13. The van der Waals surface area contributed by atoms with Crippen molar-refractivity contribution < 1.29 is 22.5 Å². The average Bonchev–Trinajstić information content (AvgIpc) is 2.71. The third-order valence-corrected chi connectivity index (χ3v) is 6.71. The van der Waals surface area contributed by atoms with Crippen LogP contribution < -0.4 is 10.9 Å². The van der Waals surface area contributed by atoms with Crippen LogP contribution in [0.1, 0.15) is 17.3 Å². The summed E-state index contributed by atoms with van der Waals surface area (Å²) >= 11 is 4.33. The van der Waals surface area contributed by atoms with E-state index in [9.17, 15) is 27.3 Å². The molecule has 2 heterocycles. The van der Waals surface area contributed by atoms with Crippen LogP contribution in [0.3, 0.4) is 0 Å². The van der Waals surface area contributed by atoms with Crippen LogP contribution in [0, 0.1) is 17.5 Å². The van der Waals surface area contributed by atoms with Gasteiger partial charge in [-0.05, 0) is 46.9 Å². The number of aromatic amines is 1. The summed E-state index contributed by atoms with van der Waals surface area (Å²) in [6, 6.07) is 3.94. The minimum absolute atomic E-state index is 0.0129. The van der Waals surface area contributed by atoms with E-state index in [-0.39, 0.29) is 33.0 Å². The van der Waals surface area contributed by atoms with Crippen LogP contribution in [0.25, 0.3) is 10.8 Å². The lowest BCUT2D eigenvalue weighted by Crippen LogP contribution is -2.41. The topological polar surface area (TPSA) is 88.3 Å². The van der Waals surface area contributed by atoms with Crippen molar-refractivity contribution in [2.45, 2.75) is 11.8 Å². The number of nitrogens with one attached hydrogen (secondary N) is 2. The van der Waals surface area contributed by atoms with Crippen molar-refractivity contribution in [3.05, 3.63) is 74.4 Å². The Bertz CT molecular complexity index is 1270. The highest BCUT2D eigenvalue weighted by Crippen LogP contribution is 2.36. The second-order valence-electron chi connectivity index (χ2n) is 7.09. The first-order chi connectivity index (χ1) is 14.7. The molecule has 0 bridgehead atoms. The summed E-state index contributed by atoms with van der Waals surface area (Å²) in [6.07, 6.45) is 0. The van der Waals surface area contributed by atoms with Crippen LogP contribution in [0.5, 0.6) is 0 Å². The number of hydrogen-bond acceptors (Lipinski definition) is 3. The molecule has 0 aliphatic carbocycles. The summed E-state index contributed by atoms with van der Waals surface area (Å²) in [5, 5.41) is 2.46. The van der Waals surface area contributed by atoms with Gasteiger partial charge in [0.15, 0.2) is 11.6 Å². The summed E-state index contributed by atoms with van der Waals surface area (Å²) in [6.45, 7) is 0. The number of anilines is 1. The molecule has 0 saturated carbocycles. The first-order valence-electron chi connectivity index (χ1n) is 9.03. The number of carbonyl (C=O) groups is 1. The maximum atomic E-state index is 14.0. The van der Waals surface area contributed by atoms with Gasteiger partial charge in [-0.15, -0.1) is 0 Å². The fraction of sp³-hybridized carbons (Fsp3) is 0.200. The quantitative estimate of drug-likeness (QED) is 0.555. The molecule has 0 spiro atoms. The molecule has 1 aliphatic rings. The van der Waals surface area contributed by atoms with E-state index >= 15 is 0 Å². The predicted octanol–water partition coefficient (Wildman–Crippen LogP) is 4.07. The molecular weight excluding hydrogens is 455 g/mol. The molecule has 162 valence electrons. The van der Waals surface area contributed by atoms with Crippen molar-refractivity contribution in [1.82, 2.24) is 9.88 Å². The van der Waals surface area contributed by atoms with Gasteiger partial charge in [0.25, 0.3) is 5.56 Å². The lowest BCUT2D eigenvalue weighted by molar-refractivity contribution is 0.208. The van der Waals surface area contributed by atoms with E-state index in [0.29, 0.717) is 11.3 Å². The van der Waals surface area contributed by atoms with Gasteiger partial charge in [-0.3, -0.25) is 4.79 Å². The largest absolute Gasteiger partial charge is 0.616 e. The Morgan fingerprint density at radius 3 is 2.55 bits per heavy atom. The number of fused-ring (bicyclic) bond motifs is 3. The molecule has 0 radical (unpaired) electrons. The van der Waals surface area contributed by atoms with Gasteiger partial charge in [-0.1, -0.05) is 11.6 Å². The SMILES string of the molecule is CN(C(=O)Nc1ccc(F)c(Cl)c1)C1C[S@@+]([O-])Cc2[nH]c(=O)c3cc(F)c(F)cc3c21. The first kappa shape index (κ1) is 21.5. The number of aromatic nitrogens is 1. The predicted molar refractivity (Wildman–Crippen MR) is 112 cm³/mol. The summed E-state index contributed by atoms with van der Waals surface area (Å²) in [5.74, 6) is -2.92. The summed E-state index contributed by atoms with van der Waals surface area (Å²) in [7, 11) is 1.44. The normalized spacial score (nSPS) is 18.0. The Kier molecular flexibility index (Phi) is 5.63. The molecule has 0 saturated heterocycles. The second-order valence-corrected chi connectivity index (χ2v) is 9.00. The molecule has 3 aromatic rings. The summed E-state index contributed by atoms with van der Waals surface area (Å²) < 4.78 is 53.5. The molecule has 2 aromatic carbocycles. The lowest BCUT2D eigenvalue weighted by Gasteiger charge is -2.34. The summed E-state index contributed by atoms with van der Waals surface area (Å²) in [5.41, 5.74) is 0.281. The van der Waals surface area contributed by atoms with E-state index in [4.69, 9.17) is 11.6 Å². The van der Waals surface area contributed by atoms with Crippen molar-refractivity contribution in [3.8, 4) is 0 Å². The zero-order chi connectivity index (χ0) is 22.4. The first-order valence-corrected chi connectivity index (χ1v) is 10.9. The molecule has 6 nitrogen and oxygen atoms in total. The number of nitrogens with zero attached hydrogens (tertiary/aromatic N) is 1. The van der Waals surface area contributed by atoms with Gasteiger partial charge in [0.1, 0.15) is 23.4 Å². The van der Waals surface area contributed by atoms with Gasteiger partial charge in [-0.25, -0.2) is 18.0 Å². The highest BCUT2D eigenvalue weighted by Gasteiger charge is 2.36. The number of halogens is 4. The molecule has 1 aromatic heterocycles. The number of hydrogen-bond donors (Lipinski definition) is 2. The van der Waals surface area contributed by atoms with Crippen LogP contribution in [-0.2, 0) is 16.9 Å². The lowest BCUT2D eigenvalue weighted by atomic mass is 9.97. The number of benzene rings is 2. The van der Waals surface area contributed by atoms with E-state index in [1.54, 1.807) is 0 Å². The molecule has 2 N–H and O–H groups in total. The summed E-state index contributed by atoms with van der Waals surface area (Å²) in [4.78, 5) is 29.0. The maximum absolute atomic E-state index is 14.0. The number of H-pyrrole nitrogens is 1. The Morgan fingerprint density at radius 1 is 1.19 bits per heavy atom. The average molecular weight is 470 g/mol. The Hall–Kier alpha value is -2.69. The smallest absolute Gasteiger partial charge is 0.322 e. The minimum atomic E-state index is -1.41. The number of amides is 2. The molecule has 2 atom stereocenters. The van der Waals surface area contributed by atoms with Crippen LogP contribution in [0.4, 0.5) is 23.7 Å². The fourth-order valence-corrected chi connectivity index (χ4v) is 5.19. The molecule has 2 amide bonds. The van der Waals surface area contributed by atoms with Crippen molar-refractivity contribution in [1.29, 1.82) is 0 Å². The van der Waals surface area contributed by atoms with Crippen LogP contribution in [0.15, 0.2) is 35.1 Å². The highest BCUT2D eigenvalue weighted by molar-refractivity contribution is 7.90. The van der Waals surface area contributed by atoms with Crippen molar-refractivity contribution in [2.75, 3.05) is 18.1 Å². The standard InChI is InChI=1S/C20H15ClF3N3O3S/c1-27(20(29)25-9-2-3-13(22)12(21)4-9)17-8-31(30)7-16-18(17)10-5-14(23)15(24)6-11(10)19(28)26-16/h2-6,17H,7-8H2,1H3,(H,25,29)(H,26,28)/t17?,31-/m0/s1. The van der Waals surface area contributed by atoms with E-state index in [1.807, 2.05) is 0 Å². The van der Waals surface area contributed by atoms with Gasteiger partial charge in [0.2, 0.25) is 0 Å². The van der Waals surface area contributed by atoms with Crippen molar-refractivity contribution in [3.63, 3.8) is 0 Å².